The summed E-state index contributed by atoms with van der Waals surface area (Å²) in [6.45, 7) is 2.44. The van der Waals surface area contributed by atoms with E-state index < -0.39 is 6.09 Å². The SMILES string of the molecule is COC(=O)N(C)Cc1cncc(Cl)c1COc1cccc2c(-c3ccnn3C)cc(C)nc12. The largest absolute Gasteiger partial charge is 0.487 e. The smallest absolute Gasteiger partial charge is 0.409 e. The highest BCUT2D eigenvalue weighted by Gasteiger charge is 2.17. The number of aromatic nitrogens is 4. The maximum absolute atomic E-state index is 11.8. The first-order valence-corrected chi connectivity index (χ1v) is 10.7. The molecule has 4 rings (SSSR count). The molecule has 0 aliphatic carbocycles. The van der Waals surface area contributed by atoms with E-state index in [1.807, 2.05) is 49.0 Å². The van der Waals surface area contributed by atoms with E-state index in [9.17, 15) is 4.79 Å². The standard InChI is InChI=1S/C24H24ClN5O3/c1-15-10-18(21-8-9-27-30(21)3)17-6-5-7-22(23(17)28-15)33-14-19-16(11-26-12-20(19)25)13-29(2)24(31)32-4/h5-12H,13-14H2,1-4H3. The molecule has 0 atom stereocenters. The molecular weight excluding hydrogens is 442 g/mol. The minimum Gasteiger partial charge on any atom is -0.487 e. The van der Waals surface area contributed by atoms with Crippen molar-refractivity contribution in [1.82, 2.24) is 24.6 Å². The van der Waals surface area contributed by atoms with E-state index >= 15 is 0 Å². The van der Waals surface area contributed by atoms with E-state index in [0.717, 1.165) is 39.0 Å². The molecule has 33 heavy (non-hydrogen) atoms. The Bertz CT molecular complexity index is 1320. The fourth-order valence-electron chi connectivity index (χ4n) is 3.74. The number of fused-ring (bicyclic) bond motifs is 1. The second kappa shape index (κ2) is 9.46. The third-order valence-corrected chi connectivity index (χ3v) is 5.71. The number of hydrogen-bond acceptors (Lipinski definition) is 6. The van der Waals surface area contributed by atoms with Crippen molar-refractivity contribution in [3.05, 3.63) is 70.8 Å². The maximum atomic E-state index is 11.8. The molecule has 0 N–H and O–H groups in total. The van der Waals surface area contributed by atoms with Gasteiger partial charge in [-0.05, 0) is 30.7 Å². The van der Waals surface area contributed by atoms with Crippen LogP contribution < -0.4 is 4.74 Å². The van der Waals surface area contributed by atoms with Gasteiger partial charge in [0.15, 0.2) is 0 Å². The molecule has 170 valence electrons. The predicted molar refractivity (Wildman–Crippen MR) is 126 cm³/mol. The van der Waals surface area contributed by atoms with Crippen LogP contribution in [-0.4, -0.2) is 44.9 Å². The third-order valence-electron chi connectivity index (χ3n) is 5.39. The van der Waals surface area contributed by atoms with Crippen molar-refractivity contribution in [2.75, 3.05) is 14.2 Å². The summed E-state index contributed by atoms with van der Waals surface area (Å²) >= 11 is 6.44. The Morgan fingerprint density at radius 1 is 1.24 bits per heavy atom. The molecule has 3 heterocycles. The summed E-state index contributed by atoms with van der Waals surface area (Å²) in [6, 6.07) is 9.87. The Labute approximate surface area is 196 Å². The minimum atomic E-state index is -0.446. The summed E-state index contributed by atoms with van der Waals surface area (Å²) in [5, 5.41) is 5.73. The number of hydrogen-bond donors (Lipinski definition) is 0. The Hall–Kier alpha value is -3.65. The molecule has 0 bridgehead atoms. The van der Waals surface area contributed by atoms with Gasteiger partial charge in [0.2, 0.25) is 0 Å². The fraction of sp³-hybridized carbons (Fsp3) is 0.250. The van der Waals surface area contributed by atoms with E-state index in [0.29, 0.717) is 10.8 Å². The molecule has 0 fully saturated rings. The summed E-state index contributed by atoms with van der Waals surface area (Å²) < 4.78 is 12.8. The molecule has 3 aromatic heterocycles. The molecule has 0 radical (unpaired) electrons. The van der Waals surface area contributed by atoms with Crippen LogP contribution in [0.5, 0.6) is 5.75 Å². The highest BCUT2D eigenvalue weighted by molar-refractivity contribution is 6.31. The van der Waals surface area contributed by atoms with Gasteiger partial charge >= 0.3 is 6.09 Å². The van der Waals surface area contributed by atoms with Gasteiger partial charge in [-0.2, -0.15) is 5.10 Å². The molecule has 1 aromatic carbocycles. The van der Waals surface area contributed by atoms with Crippen LogP contribution in [0.4, 0.5) is 4.79 Å². The molecular formula is C24H24ClN5O3. The lowest BCUT2D eigenvalue weighted by molar-refractivity contribution is 0.131. The molecule has 0 saturated carbocycles. The number of halogens is 1. The van der Waals surface area contributed by atoms with Crippen molar-refractivity contribution in [1.29, 1.82) is 0 Å². The first-order chi connectivity index (χ1) is 15.9. The van der Waals surface area contributed by atoms with E-state index in [1.165, 1.54) is 12.0 Å². The first-order valence-electron chi connectivity index (χ1n) is 10.3. The number of carbonyl (C=O) groups excluding carboxylic acids is 1. The second-order valence-corrected chi connectivity index (χ2v) is 8.08. The number of carbonyl (C=O) groups is 1. The number of benzene rings is 1. The van der Waals surface area contributed by atoms with Crippen LogP contribution in [0.25, 0.3) is 22.2 Å². The number of amides is 1. The number of aryl methyl sites for hydroxylation is 2. The fourth-order valence-corrected chi connectivity index (χ4v) is 3.97. The van der Waals surface area contributed by atoms with Crippen LogP contribution >= 0.6 is 11.6 Å². The van der Waals surface area contributed by atoms with Gasteiger partial charge in [-0.3, -0.25) is 9.67 Å². The normalized spacial score (nSPS) is 10.9. The van der Waals surface area contributed by atoms with Gasteiger partial charge in [-0.1, -0.05) is 23.7 Å². The van der Waals surface area contributed by atoms with Crippen LogP contribution in [0.2, 0.25) is 5.02 Å². The Kier molecular flexibility index (Phi) is 6.46. The third kappa shape index (κ3) is 4.61. The number of nitrogens with zero attached hydrogens (tertiary/aromatic N) is 5. The van der Waals surface area contributed by atoms with Crippen molar-refractivity contribution in [2.24, 2.45) is 7.05 Å². The van der Waals surface area contributed by atoms with Crippen LogP contribution in [0.3, 0.4) is 0 Å². The summed E-state index contributed by atoms with van der Waals surface area (Å²) in [5.41, 5.74) is 5.18. The number of methoxy groups -OCH3 is 1. The topological polar surface area (TPSA) is 82.4 Å². The highest BCUT2D eigenvalue weighted by Crippen LogP contribution is 2.33. The van der Waals surface area contributed by atoms with Gasteiger partial charge in [0.25, 0.3) is 0 Å². The van der Waals surface area contributed by atoms with Crippen molar-refractivity contribution in [3.63, 3.8) is 0 Å². The van der Waals surface area contributed by atoms with E-state index in [-0.39, 0.29) is 13.2 Å². The van der Waals surface area contributed by atoms with Crippen molar-refractivity contribution in [3.8, 4) is 17.0 Å². The Morgan fingerprint density at radius 2 is 2.06 bits per heavy atom. The summed E-state index contributed by atoms with van der Waals surface area (Å²) in [4.78, 5) is 22.2. The van der Waals surface area contributed by atoms with E-state index in [2.05, 4.69) is 10.1 Å². The van der Waals surface area contributed by atoms with E-state index in [4.69, 9.17) is 26.1 Å². The molecule has 1 amide bonds. The Balaban J connectivity index is 1.69. The lowest BCUT2D eigenvalue weighted by Gasteiger charge is -2.19. The van der Waals surface area contributed by atoms with Gasteiger partial charge in [0.05, 0.1) is 24.4 Å². The number of ether oxygens (including phenoxy) is 2. The molecule has 0 unspecified atom stereocenters. The molecule has 9 heteroatoms. The predicted octanol–water partition coefficient (Wildman–Crippen LogP) is 4.77. The average Bonchev–Trinajstić information content (AvgIpc) is 3.23. The van der Waals surface area contributed by atoms with Crippen molar-refractivity contribution < 1.29 is 14.3 Å². The monoisotopic (exact) mass is 465 g/mol. The molecule has 0 aliphatic rings. The number of rotatable bonds is 6. The van der Waals surface area contributed by atoms with E-state index in [1.54, 1.807) is 25.6 Å². The summed E-state index contributed by atoms with van der Waals surface area (Å²) in [5.74, 6) is 0.639. The van der Waals surface area contributed by atoms with Gasteiger partial charge in [-0.25, -0.2) is 9.78 Å². The zero-order chi connectivity index (χ0) is 23.5. The lowest BCUT2D eigenvalue weighted by Crippen LogP contribution is -2.26. The van der Waals surface area contributed by atoms with Crippen LogP contribution in [0, 0.1) is 6.92 Å². The molecule has 8 nitrogen and oxygen atoms in total. The zero-order valence-electron chi connectivity index (χ0n) is 18.9. The highest BCUT2D eigenvalue weighted by atomic mass is 35.5. The van der Waals surface area contributed by atoms with Crippen LogP contribution in [0.15, 0.2) is 48.9 Å². The van der Waals surface area contributed by atoms with Crippen LogP contribution in [-0.2, 0) is 24.9 Å². The summed E-state index contributed by atoms with van der Waals surface area (Å²) in [7, 11) is 4.90. The second-order valence-electron chi connectivity index (χ2n) is 7.68. The average molecular weight is 466 g/mol. The van der Waals surface area contributed by atoms with Gasteiger partial charge < -0.3 is 14.4 Å². The van der Waals surface area contributed by atoms with Gasteiger partial charge in [-0.15, -0.1) is 0 Å². The number of pyridine rings is 2. The van der Waals surface area contributed by atoms with Crippen molar-refractivity contribution in [2.45, 2.75) is 20.1 Å². The first kappa shape index (κ1) is 22.5. The van der Waals surface area contributed by atoms with Gasteiger partial charge in [0.1, 0.15) is 17.9 Å². The lowest BCUT2D eigenvalue weighted by atomic mass is 10.0. The molecule has 4 aromatic rings. The molecule has 0 saturated heterocycles. The molecule has 0 aliphatic heterocycles. The zero-order valence-corrected chi connectivity index (χ0v) is 19.6. The number of para-hydroxylation sites is 1. The van der Waals surface area contributed by atoms with Crippen LogP contribution in [0.1, 0.15) is 16.8 Å². The summed E-state index contributed by atoms with van der Waals surface area (Å²) in [6.07, 6.45) is 4.57. The molecule has 0 spiro atoms. The van der Waals surface area contributed by atoms with Crippen molar-refractivity contribution >= 4 is 28.6 Å². The quantitative estimate of drug-likeness (QED) is 0.408. The maximum Gasteiger partial charge on any atom is 0.409 e. The minimum absolute atomic E-state index is 0.196. The van der Waals surface area contributed by atoms with Gasteiger partial charge in [0, 0.05) is 54.9 Å². The Morgan fingerprint density at radius 3 is 2.79 bits per heavy atom.